The Morgan fingerprint density at radius 1 is 1.39 bits per heavy atom. The number of H-pyrrole nitrogens is 1. The molecule has 7 nitrogen and oxygen atoms in total. The number of carbonyl (C=O) groups excluding carboxylic acids is 1. The summed E-state index contributed by atoms with van der Waals surface area (Å²) in [7, 11) is 0. The van der Waals surface area contributed by atoms with Crippen LogP contribution in [0.4, 0.5) is 0 Å². The van der Waals surface area contributed by atoms with Gasteiger partial charge < -0.3 is 5.32 Å². The van der Waals surface area contributed by atoms with Gasteiger partial charge in [-0.2, -0.15) is 5.10 Å². The Morgan fingerprint density at radius 3 is 3.22 bits per heavy atom. The van der Waals surface area contributed by atoms with Gasteiger partial charge in [-0.1, -0.05) is 0 Å². The van der Waals surface area contributed by atoms with Gasteiger partial charge in [0.15, 0.2) is 0 Å². The fourth-order valence-corrected chi connectivity index (χ4v) is 3.58. The molecular formula is C15H15N5O2S. The summed E-state index contributed by atoms with van der Waals surface area (Å²) in [6.07, 6.45) is 2.17. The number of fused-ring (bicyclic) bond motifs is 2. The van der Waals surface area contributed by atoms with Crippen LogP contribution < -0.4 is 11.0 Å². The molecule has 0 saturated carbocycles. The number of benzene rings is 1. The molecule has 1 aromatic carbocycles. The molecule has 3 aromatic rings. The van der Waals surface area contributed by atoms with Crippen LogP contribution in [0, 0.1) is 0 Å². The topological polar surface area (TPSA) is 92.7 Å². The van der Waals surface area contributed by atoms with E-state index in [0.29, 0.717) is 18.5 Å². The molecule has 4 rings (SSSR count). The predicted molar refractivity (Wildman–Crippen MR) is 86.7 cm³/mol. The highest BCUT2D eigenvalue weighted by atomic mass is 32.1. The van der Waals surface area contributed by atoms with Crippen LogP contribution in [0.5, 0.6) is 0 Å². The molecule has 0 radical (unpaired) electrons. The number of nitrogens with one attached hydrogen (secondary N) is 2. The minimum atomic E-state index is -0.180. The molecule has 1 atom stereocenters. The molecule has 2 N–H and O–H groups in total. The fourth-order valence-electron chi connectivity index (χ4n) is 2.92. The zero-order chi connectivity index (χ0) is 15.8. The van der Waals surface area contributed by atoms with E-state index in [9.17, 15) is 9.59 Å². The number of hydrogen-bond acceptors (Lipinski definition) is 5. The Bertz CT molecular complexity index is 925. The molecule has 1 amide bonds. The van der Waals surface area contributed by atoms with Crippen molar-refractivity contribution in [3.05, 3.63) is 45.6 Å². The van der Waals surface area contributed by atoms with Crippen molar-refractivity contribution in [1.29, 1.82) is 0 Å². The second-order valence-corrected chi connectivity index (χ2v) is 6.52. The van der Waals surface area contributed by atoms with Crippen LogP contribution in [0.25, 0.3) is 10.2 Å². The average molecular weight is 329 g/mol. The van der Waals surface area contributed by atoms with E-state index < -0.39 is 0 Å². The molecule has 0 saturated heterocycles. The zero-order valence-electron chi connectivity index (χ0n) is 12.3. The Labute approximate surface area is 135 Å². The van der Waals surface area contributed by atoms with Crippen LogP contribution in [-0.4, -0.2) is 31.7 Å². The SMILES string of the molecule is O=C(NC1CCc2n[nH]c(=O)n2CC1)c1ccc2scnc2c1. The maximum Gasteiger partial charge on any atom is 0.343 e. The molecule has 0 fully saturated rings. The van der Waals surface area contributed by atoms with Crippen molar-refractivity contribution in [3.8, 4) is 0 Å². The summed E-state index contributed by atoms with van der Waals surface area (Å²) in [5.41, 5.74) is 3.05. The molecule has 1 aliphatic heterocycles. The van der Waals surface area contributed by atoms with Crippen molar-refractivity contribution in [3.63, 3.8) is 0 Å². The van der Waals surface area contributed by atoms with E-state index in [0.717, 1.165) is 28.9 Å². The first-order chi connectivity index (χ1) is 11.2. The highest BCUT2D eigenvalue weighted by molar-refractivity contribution is 7.16. The molecule has 0 spiro atoms. The first kappa shape index (κ1) is 14.1. The second kappa shape index (κ2) is 5.62. The summed E-state index contributed by atoms with van der Waals surface area (Å²) in [5, 5.41) is 9.55. The van der Waals surface area contributed by atoms with Crippen molar-refractivity contribution in [2.45, 2.75) is 31.8 Å². The maximum atomic E-state index is 12.4. The van der Waals surface area contributed by atoms with Crippen molar-refractivity contribution in [1.82, 2.24) is 25.1 Å². The lowest BCUT2D eigenvalue weighted by Gasteiger charge is -2.16. The highest BCUT2D eigenvalue weighted by Gasteiger charge is 2.20. The summed E-state index contributed by atoms with van der Waals surface area (Å²) in [6.45, 7) is 0.570. The van der Waals surface area contributed by atoms with Gasteiger partial charge >= 0.3 is 5.69 Å². The minimum absolute atomic E-state index is 0.0368. The van der Waals surface area contributed by atoms with Crippen molar-refractivity contribution < 1.29 is 4.79 Å². The van der Waals surface area contributed by atoms with Crippen LogP contribution in [0.2, 0.25) is 0 Å². The van der Waals surface area contributed by atoms with Crippen LogP contribution >= 0.6 is 11.3 Å². The summed E-state index contributed by atoms with van der Waals surface area (Å²) in [4.78, 5) is 28.3. The van der Waals surface area contributed by atoms with Crippen LogP contribution in [0.1, 0.15) is 29.0 Å². The number of rotatable bonds is 2. The van der Waals surface area contributed by atoms with E-state index in [1.807, 2.05) is 18.2 Å². The van der Waals surface area contributed by atoms with E-state index in [1.54, 1.807) is 21.4 Å². The van der Waals surface area contributed by atoms with Gasteiger partial charge in [-0.05, 0) is 31.0 Å². The summed E-state index contributed by atoms with van der Waals surface area (Å²) < 4.78 is 2.72. The summed E-state index contributed by atoms with van der Waals surface area (Å²) in [6, 6.07) is 5.59. The van der Waals surface area contributed by atoms with E-state index >= 15 is 0 Å². The van der Waals surface area contributed by atoms with Gasteiger partial charge in [0.2, 0.25) is 0 Å². The van der Waals surface area contributed by atoms with Gasteiger partial charge in [-0.15, -0.1) is 11.3 Å². The molecule has 3 heterocycles. The number of aryl methyl sites for hydroxylation is 1. The monoisotopic (exact) mass is 329 g/mol. The minimum Gasteiger partial charge on any atom is -0.349 e. The quantitative estimate of drug-likeness (QED) is 0.741. The van der Waals surface area contributed by atoms with Crippen LogP contribution in [0.3, 0.4) is 0 Å². The van der Waals surface area contributed by atoms with Crippen molar-refractivity contribution in [2.75, 3.05) is 0 Å². The smallest absolute Gasteiger partial charge is 0.343 e. The molecule has 0 aliphatic carbocycles. The third-order valence-electron chi connectivity index (χ3n) is 4.18. The number of amides is 1. The molecule has 8 heteroatoms. The lowest BCUT2D eigenvalue weighted by Crippen LogP contribution is -2.35. The van der Waals surface area contributed by atoms with E-state index in [4.69, 9.17) is 0 Å². The van der Waals surface area contributed by atoms with Crippen molar-refractivity contribution >= 4 is 27.5 Å². The second-order valence-electron chi connectivity index (χ2n) is 5.63. The average Bonchev–Trinajstić information content (AvgIpc) is 3.10. The highest BCUT2D eigenvalue weighted by Crippen LogP contribution is 2.19. The van der Waals surface area contributed by atoms with Gasteiger partial charge in [0.25, 0.3) is 5.91 Å². The lowest BCUT2D eigenvalue weighted by atomic mass is 10.1. The third kappa shape index (κ3) is 2.65. The predicted octanol–water partition coefficient (Wildman–Crippen LogP) is 1.32. The first-order valence-corrected chi connectivity index (χ1v) is 8.37. The van der Waals surface area contributed by atoms with Gasteiger partial charge in [0, 0.05) is 24.6 Å². The lowest BCUT2D eigenvalue weighted by molar-refractivity contribution is 0.0933. The van der Waals surface area contributed by atoms with E-state index in [2.05, 4.69) is 20.5 Å². The molecule has 1 unspecified atom stereocenters. The van der Waals surface area contributed by atoms with Gasteiger partial charge in [-0.3, -0.25) is 9.36 Å². The van der Waals surface area contributed by atoms with Crippen molar-refractivity contribution in [2.24, 2.45) is 0 Å². The third-order valence-corrected chi connectivity index (χ3v) is 4.99. The first-order valence-electron chi connectivity index (χ1n) is 7.49. The maximum absolute atomic E-state index is 12.4. The Morgan fingerprint density at radius 2 is 2.30 bits per heavy atom. The Hall–Kier alpha value is -2.48. The number of carbonyl (C=O) groups is 1. The largest absolute Gasteiger partial charge is 0.349 e. The fraction of sp³-hybridized carbons (Fsp3) is 0.333. The standard InChI is InChI=1S/C15H15N5O2S/c21-14(9-1-3-12-11(7-9)16-8-23-12)17-10-2-4-13-18-19-15(22)20(13)6-5-10/h1,3,7-8,10H,2,4-6H2,(H,17,21)(H,19,22). The zero-order valence-corrected chi connectivity index (χ0v) is 13.1. The van der Waals surface area contributed by atoms with Gasteiger partial charge in [-0.25, -0.2) is 14.9 Å². The molecule has 1 aliphatic rings. The van der Waals surface area contributed by atoms with Crippen LogP contribution in [0.15, 0.2) is 28.5 Å². The number of thiazole rings is 1. The molecule has 118 valence electrons. The van der Waals surface area contributed by atoms with E-state index in [-0.39, 0.29) is 17.6 Å². The number of aromatic amines is 1. The van der Waals surface area contributed by atoms with E-state index in [1.165, 1.54) is 0 Å². The number of nitrogens with zero attached hydrogens (tertiary/aromatic N) is 3. The number of hydrogen-bond donors (Lipinski definition) is 2. The molecular weight excluding hydrogens is 314 g/mol. The summed E-state index contributed by atoms with van der Waals surface area (Å²) in [5.74, 6) is 0.661. The summed E-state index contributed by atoms with van der Waals surface area (Å²) >= 11 is 1.56. The molecule has 2 aromatic heterocycles. The Balaban J connectivity index is 1.47. The van der Waals surface area contributed by atoms with Gasteiger partial charge in [0.1, 0.15) is 5.82 Å². The number of aromatic nitrogens is 4. The van der Waals surface area contributed by atoms with Gasteiger partial charge in [0.05, 0.1) is 15.7 Å². The molecule has 0 bridgehead atoms. The van der Waals surface area contributed by atoms with Crippen LogP contribution in [-0.2, 0) is 13.0 Å². The Kier molecular flexibility index (Phi) is 3.45. The normalized spacial score (nSPS) is 17.7. The molecule has 23 heavy (non-hydrogen) atoms.